The molecule has 1 heterocycles. The van der Waals surface area contributed by atoms with Gasteiger partial charge in [-0.2, -0.15) is 5.26 Å². The van der Waals surface area contributed by atoms with Gasteiger partial charge in [-0.15, -0.1) is 0 Å². The minimum absolute atomic E-state index is 0.111. The second-order valence-corrected chi connectivity index (χ2v) is 8.89. The van der Waals surface area contributed by atoms with Gasteiger partial charge >= 0.3 is 6.09 Å². The van der Waals surface area contributed by atoms with Crippen molar-refractivity contribution in [2.24, 2.45) is 5.92 Å². The van der Waals surface area contributed by atoms with Crippen LogP contribution in [-0.4, -0.2) is 53.3 Å². The number of hydrogen-bond acceptors (Lipinski definition) is 5. The number of carbonyl (C=O) groups is 2. The minimum atomic E-state index is -0.713. The molecular formula is C22H37N3O4. The fourth-order valence-corrected chi connectivity index (χ4v) is 4.15. The molecule has 0 unspecified atom stereocenters. The first-order valence-corrected chi connectivity index (χ1v) is 10.3. The normalized spacial score (nSPS) is 25.3. The maximum absolute atomic E-state index is 13.1. The Morgan fingerprint density at radius 3 is 2.38 bits per heavy atom. The number of amides is 2. The second-order valence-electron chi connectivity index (χ2n) is 8.89. The minimum Gasteiger partial charge on any atom is -0.444 e. The van der Waals surface area contributed by atoms with E-state index in [0.717, 1.165) is 6.42 Å². The number of methoxy groups -OCH3 is 1. The van der Waals surface area contributed by atoms with Crippen molar-refractivity contribution in [3.8, 4) is 6.07 Å². The molecule has 5 atom stereocenters. The number of nitrogens with one attached hydrogen (secondary N) is 1. The van der Waals surface area contributed by atoms with Crippen LogP contribution in [0.4, 0.5) is 4.79 Å². The molecule has 0 spiro atoms. The highest BCUT2D eigenvalue weighted by Crippen LogP contribution is 2.39. The van der Waals surface area contributed by atoms with Gasteiger partial charge in [-0.1, -0.05) is 25.5 Å². The van der Waals surface area contributed by atoms with Crippen LogP contribution < -0.4 is 5.32 Å². The summed E-state index contributed by atoms with van der Waals surface area (Å²) in [6, 6.07) is 0.634. The number of nitriles is 1. The molecule has 0 aromatic carbocycles. The molecule has 29 heavy (non-hydrogen) atoms. The fraction of sp³-hybridized carbons (Fsp3) is 0.773. The highest BCUT2D eigenvalue weighted by molar-refractivity contribution is 5.74. The van der Waals surface area contributed by atoms with Gasteiger partial charge in [-0.05, 0) is 47.5 Å². The Morgan fingerprint density at radius 1 is 1.34 bits per heavy atom. The molecular weight excluding hydrogens is 370 g/mol. The molecule has 1 fully saturated rings. The molecule has 7 nitrogen and oxygen atoms in total. The van der Waals surface area contributed by atoms with Crippen LogP contribution in [0.15, 0.2) is 12.2 Å². The standard InChI is InChI=1S/C22H37N3O4/c1-9-11-16-13-17(14-23)25(20(27)29-21(4,5)6)18(16)19(24-15(3)26)22(7,28-8)12-10-2/h9,11,16-19H,10,12-13H2,1-8H3,(H,24,26)/b11-9+/t16-,17-,18-,19-,22+/m1/s1. The average molecular weight is 408 g/mol. The summed E-state index contributed by atoms with van der Waals surface area (Å²) >= 11 is 0. The van der Waals surface area contributed by atoms with Crippen molar-refractivity contribution in [1.82, 2.24) is 10.2 Å². The third-order valence-electron chi connectivity index (χ3n) is 5.35. The first-order chi connectivity index (χ1) is 13.4. The summed E-state index contributed by atoms with van der Waals surface area (Å²) in [5, 5.41) is 12.8. The molecule has 0 aromatic rings. The van der Waals surface area contributed by atoms with E-state index in [9.17, 15) is 14.9 Å². The van der Waals surface area contributed by atoms with Crippen LogP contribution >= 0.6 is 0 Å². The van der Waals surface area contributed by atoms with Gasteiger partial charge in [0, 0.05) is 20.0 Å². The van der Waals surface area contributed by atoms with Gasteiger partial charge < -0.3 is 14.8 Å². The van der Waals surface area contributed by atoms with Gasteiger partial charge in [0.05, 0.1) is 23.8 Å². The Kier molecular flexibility index (Phi) is 8.70. The van der Waals surface area contributed by atoms with Gasteiger partial charge in [0.1, 0.15) is 11.6 Å². The van der Waals surface area contributed by atoms with Crippen molar-refractivity contribution in [3.05, 3.63) is 12.2 Å². The van der Waals surface area contributed by atoms with Gasteiger partial charge in [0.15, 0.2) is 0 Å². The van der Waals surface area contributed by atoms with Crippen molar-refractivity contribution in [3.63, 3.8) is 0 Å². The van der Waals surface area contributed by atoms with Crippen molar-refractivity contribution >= 4 is 12.0 Å². The number of ether oxygens (including phenoxy) is 2. The van der Waals surface area contributed by atoms with Crippen LogP contribution in [0.25, 0.3) is 0 Å². The lowest BCUT2D eigenvalue weighted by molar-refractivity contribution is -0.125. The number of nitrogens with zero attached hydrogens (tertiary/aromatic N) is 2. The zero-order valence-electron chi connectivity index (χ0n) is 19.1. The number of hydrogen-bond donors (Lipinski definition) is 1. The lowest BCUT2D eigenvalue weighted by Crippen LogP contribution is -2.63. The van der Waals surface area contributed by atoms with Gasteiger partial charge in [0.25, 0.3) is 0 Å². The first-order valence-electron chi connectivity index (χ1n) is 10.3. The topological polar surface area (TPSA) is 91.7 Å². The molecule has 0 bridgehead atoms. The fourth-order valence-electron chi connectivity index (χ4n) is 4.15. The quantitative estimate of drug-likeness (QED) is 0.648. The summed E-state index contributed by atoms with van der Waals surface area (Å²) in [6.45, 7) is 12.7. The number of allylic oxidation sites excluding steroid dienone is 1. The van der Waals surface area contributed by atoms with Crippen LogP contribution in [0.3, 0.4) is 0 Å². The molecule has 1 rings (SSSR count). The Balaban J connectivity index is 3.55. The van der Waals surface area contributed by atoms with Gasteiger partial charge in [0.2, 0.25) is 5.91 Å². The maximum Gasteiger partial charge on any atom is 0.411 e. The monoisotopic (exact) mass is 407 g/mol. The third kappa shape index (κ3) is 6.20. The van der Waals surface area contributed by atoms with Crippen molar-refractivity contribution < 1.29 is 19.1 Å². The van der Waals surface area contributed by atoms with E-state index in [1.54, 1.807) is 27.9 Å². The largest absolute Gasteiger partial charge is 0.444 e. The molecule has 2 amide bonds. The van der Waals surface area contributed by atoms with Gasteiger partial charge in [-0.25, -0.2) is 4.79 Å². The Labute approximate surface area is 175 Å². The molecule has 0 saturated carbocycles. The molecule has 1 aliphatic rings. The van der Waals surface area contributed by atoms with Crippen molar-refractivity contribution in [1.29, 1.82) is 5.26 Å². The van der Waals surface area contributed by atoms with Crippen molar-refractivity contribution in [2.45, 2.75) is 97.1 Å². The Morgan fingerprint density at radius 2 is 1.97 bits per heavy atom. The van der Waals surface area contributed by atoms with Crippen molar-refractivity contribution in [2.75, 3.05) is 7.11 Å². The molecule has 7 heteroatoms. The van der Waals surface area contributed by atoms with Crippen LogP contribution in [-0.2, 0) is 14.3 Å². The van der Waals surface area contributed by atoms with E-state index in [1.165, 1.54) is 11.8 Å². The van der Waals surface area contributed by atoms with Crippen LogP contribution in [0, 0.1) is 17.2 Å². The van der Waals surface area contributed by atoms with Crippen LogP contribution in [0.1, 0.15) is 67.7 Å². The smallest absolute Gasteiger partial charge is 0.411 e. The molecule has 0 radical (unpaired) electrons. The number of rotatable bonds is 7. The summed E-state index contributed by atoms with van der Waals surface area (Å²) in [7, 11) is 1.61. The molecule has 164 valence electrons. The highest BCUT2D eigenvalue weighted by Gasteiger charge is 2.53. The zero-order valence-corrected chi connectivity index (χ0v) is 19.1. The summed E-state index contributed by atoms with van der Waals surface area (Å²) in [5.74, 6) is -0.321. The molecule has 1 aliphatic heterocycles. The highest BCUT2D eigenvalue weighted by atomic mass is 16.6. The van der Waals surface area contributed by atoms with E-state index in [2.05, 4.69) is 11.4 Å². The average Bonchev–Trinajstić information content (AvgIpc) is 2.96. The van der Waals surface area contributed by atoms with E-state index >= 15 is 0 Å². The Hall–Kier alpha value is -2.07. The van der Waals surface area contributed by atoms with E-state index in [4.69, 9.17) is 9.47 Å². The lowest BCUT2D eigenvalue weighted by Gasteiger charge is -2.44. The second kappa shape index (κ2) is 10.1. The summed E-state index contributed by atoms with van der Waals surface area (Å²) in [5.41, 5.74) is -1.41. The lowest BCUT2D eigenvalue weighted by atomic mass is 9.81. The predicted octanol–water partition coefficient (Wildman–Crippen LogP) is 3.79. The summed E-state index contributed by atoms with van der Waals surface area (Å²) in [6.07, 6.45) is 5.37. The molecule has 1 saturated heterocycles. The maximum atomic E-state index is 13.1. The van der Waals surface area contributed by atoms with E-state index < -0.39 is 35.4 Å². The zero-order chi connectivity index (χ0) is 22.4. The molecule has 0 aliphatic carbocycles. The Bertz CT molecular complexity index is 649. The van der Waals surface area contributed by atoms with E-state index in [1.807, 2.05) is 32.9 Å². The third-order valence-corrected chi connectivity index (χ3v) is 5.35. The first kappa shape index (κ1) is 25.0. The predicted molar refractivity (Wildman–Crippen MR) is 112 cm³/mol. The molecule has 0 aromatic heterocycles. The summed E-state index contributed by atoms with van der Waals surface area (Å²) < 4.78 is 11.5. The SMILES string of the molecule is C/C=C/[C@@H]1C[C@H](C#N)N(C(=O)OC(C)(C)C)[C@H]1[C@@H](NC(C)=O)[C@](C)(CCC)OC. The summed E-state index contributed by atoms with van der Waals surface area (Å²) in [4.78, 5) is 26.7. The number of likely N-dealkylation sites (tertiary alicyclic amines) is 1. The van der Waals surface area contributed by atoms with Crippen LogP contribution in [0.2, 0.25) is 0 Å². The molecule has 1 N–H and O–H groups in total. The van der Waals surface area contributed by atoms with Gasteiger partial charge in [-0.3, -0.25) is 9.69 Å². The number of carbonyl (C=O) groups excluding carboxylic acids is 2. The van der Waals surface area contributed by atoms with E-state index in [-0.39, 0.29) is 11.8 Å². The van der Waals surface area contributed by atoms with E-state index in [0.29, 0.717) is 12.8 Å². The van der Waals surface area contributed by atoms with Crippen LogP contribution in [0.5, 0.6) is 0 Å².